The molecule has 0 unspecified atom stereocenters. The lowest BCUT2D eigenvalue weighted by atomic mass is 10.1. The topological polar surface area (TPSA) is 73.3 Å². The summed E-state index contributed by atoms with van der Waals surface area (Å²) in [6.45, 7) is 5.95. The second-order valence-corrected chi connectivity index (χ2v) is 6.86. The number of nitrogens with zero attached hydrogens (tertiary/aromatic N) is 1. The van der Waals surface area contributed by atoms with Crippen molar-refractivity contribution in [1.29, 1.82) is 0 Å². The van der Waals surface area contributed by atoms with Crippen LogP contribution in [0.15, 0.2) is 47.5 Å². The molecule has 0 aliphatic carbocycles. The van der Waals surface area contributed by atoms with Crippen molar-refractivity contribution < 1.29 is 18.9 Å². The van der Waals surface area contributed by atoms with Crippen LogP contribution in [0.3, 0.4) is 0 Å². The van der Waals surface area contributed by atoms with Crippen LogP contribution in [0.25, 0.3) is 0 Å². The molecule has 2 N–H and O–H groups in total. The molecule has 0 amide bonds. The molecule has 32 heavy (non-hydrogen) atoms. The Balaban J connectivity index is 0.00000512. The van der Waals surface area contributed by atoms with Crippen LogP contribution in [0.4, 0.5) is 0 Å². The van der Waals surface area contributed by atoms with Crippen molar-refractivity contribution in [2.24, 2.45) is 4.99 Å². The van der Waals surface area contributed by atoms with E-state index >= 15 is 0 Å². The lowest BCUT2D eigenvalue weighted by Crippen LogP contribution is -2.37. The van der Waals surface area contributed by atoms with E-state index in [1.165, 1.54) is 5.56 Å². The summed E-state index contributed by atoms with van der Waals surface area (Å²) in [6, 6.07) is 14.3. The zero-order chi connectivity index (χ0) is 22.3. The van der Waals surface area contributed by atoms with Gasteiger partial charge < -0.3 is 29.6 Å². The Kier molecular flexibility index (Phi) is 14.5. The van der Waals surface area contributed by atoms with E-state index in [0.717, 1.165) is 41.6 Å². The first-order valence-corrected chi connectivity index (χ1v) is 10.6. The summed E-state index contributed by atoms with van der Waals surface area (Å²) in [5.74, 6) is 2.24. The molecule has 2 aromatic rings. The second kappa shape index (κ2) is 16.6. The highest BCUT2D eigenvalue weighted by Gasteiger charge is 2.05. The quantitative estimate of drug-likeness (QED) is 0.169. The van der Waals surface area contributed by atoms with Gasteiger partial charge in [-0.15, -0.1) is 24.0 Å². The second-order valence-electron chi connectivity index (χ2n) is 6.86. The minimum Gasteiger partial charge on any atom is -0.493 e. The Morgan fingerprint density at radius 2 is 1.62 bits per heavy atom. The number of aliphatic imine (C=N–C) groups is 1. The summed E-state index contributed by atoms with van der Waals surface area (Å²) in [6.07, 6.45) is 0.843. The molecule has 0 aliphatic heterocycles. The summed E-state index contributed by atoms with van der Waals surface area (Å²) in [4.78, 5) is 4.31. The van der Waals surface area contributed by atoms with E-state index in [1.807, 2.05) is 31.2 Å². The molecule has 0 bridgehead atoms. The van der Waals surface area contributed by atoms with Crippen molar-refractivity contribution in [3.8, 4) is 11.5 Å². The van der Waals surface area contributed by atoms with Gasteiger partial charge in [-0.1, -0.05) is 30.3 Å². The Bertz CT molecular complexity index is 818. The molecule has 0 aliphatic rings. The van der Waals surface area contributed by atoms with Crippen LogP contribution in [0.5, 0.6) is 11.5 Å². The Morgan fingerprint density at radius 3 is 2.34 bits per heavy atom. The number of nitrogens with one attached hydrogen (secondary N) is 2. The maximum absolute atomic E-state index is 5.65. The van der Waals surface area contributed by atoms with Gasteiger partial charge >= 0.3 is 0 Å². The number of hydrogen-bond acceptors (Lipinski definition) is 5. The molecule has 178 valence electrons. The fourth-order valence-electron chi connectivity index (χ4n) is 3.05. The van der Waals surface area contributed by atoms with Crippen molar-refractivity contribution >= 4 is 29.9 Å². The van der Waals surface area contributed by atoms with Crippen LogP contribution in [0.1, 0.15) is 23.6 Å². The first-order chi connectivity index (χ1) is 15.2. The predicted octanol–water partition coefficient (Wildman–Crippen LogP) is 3.78. The molecule has 0 saturated heterocycles. The van der Waals surface area contributed by atoms with Gasteiger partial charge in [-0.3, -0.25) is 4.99 Å². The number of guanidine groups is 1. The third-order valence-electron chi connectivity index (χ3n) is 4.67. The number of hydrogen-bond donors (Lipinski definition) is 2. The molecular weight excluding hydrogens is 521 g/mol. The lowest BCUT2D eigenvalue weighted by Gasteiger charge is -2.13. The smallest absolute Gasteiger partial charge is 0.191 e. The third kappa shape index (κ3) is 10.1. The number of methoxy groups -OCH3 is 2. The maximum Gasteiger partial charge on any atom is 0.191 e. The standard InChI is InChI=1S/C24H35N3O4.HI/c1-5-30-13-14-31-18-21-8-6-7-20(15-21)17-27-24(25-2)26-12-11-19-9-10-22(28-3)23(16-19)29-4;/h6-10,15-16H,5,11-14,17-18H2,1-4H3,(H2,25,26,27);1H. The van der Waals surface area contributed by atoms with Crippen LogP contribution < -0.4 is 20.1 Å². The highest BCUT2D eigenvalue weighted by molar-refractivity contribution is 14.0. The molecule has 0 spiro atoms. The van der Waals surface area contributed by atoms with Gasteiger partial charge in [0, 0.05) is 26.7 Å². The zero-order valence-electron chi connectivity index (χ0n) is 19.5. The van der Waals surface area contributed by atoms with Crippen LogP contribution in [0, 0.1) is 0 Å². The van der Waals surface area contributed by atoms with Crippen molar-refractivity contribution in [1.82, 2.24) is 10.6 Å². The van der Waals surface area contributed by atoms with Gasteiger partial charge in [-0.25, -0.2) is 0 Å². The van der Waals surface area contributed by atoms with Gasteiger partial charge in [-0.2, -0.15) is 0 Å². The highest BCUT2D eigenvalue weighted by atomic mass is 127. The highest BCUT2D eigenvalue weighted by Crippen LogP contribution is 2.27. The van der Waals surface area contributed by atoms with Crippen molar-refractivity contribution in [2.75, 3.05) is 47.6 Å². The maximum atomic E-state index is 5.65. The fourth-order valence-corrected chi connectivity index (χ4v) is 3.05. The van der Waals surface area contributed by atoms with E-state index in [0.29, 0.717) is 33.0 Å². The summed E-state index contributed by atoms with van der Waals surface area (Å²) in [5, 5.41) is 6.71. The average molecular weight is 557 g/mol. The predicted molar refractivity (Wildman–Crippen MR) is 139 cm³/mol. The molecule has 8 heteroatoms. The monoisotopic (exact) mass is 557 g/mol. The molecule has 0 aromatic heterocycles. The summed E-state index contributed by atoms with van der Waals surface area (Å²) >= 11 is 0. The molecule has 0 heterocycles. The van der Waals surface area contributed by atoms with E-state index in [1.54, 1.807) is 21.3 Å². The SMILES string of the molecule is CCOCCOCc1cccc(CNC(=NC)NCCc2ccc(OC)c(OC)c2)c1.I. The Hall–Kier alpha value is -2.04. The van der Waals surface area contributed by atoms with Crippen LogP contribution in [0.2, 0.25) is 0 Å². The summed E-state index contributed by atoms with van der Waals surface area (Å²) in [5.41, 5.74) is 3.48. The minimum absolute atomic E-state index is 0. The lowest BCUT2D eigenvalue weighted by molar-refractivity contribution is 0.0453. The average Bonchev–Trinajstić information content (AvgIpc) is 2.81. The van der Waals surface area contributed by atoms with Gasteiger partial charge in [0.25, 0.3) is 0 Å². The largest absolute Gasteiger partial charge is 0.493 e. The van der Waals surface area contributed by atoms with Crippen molar-refractivity contribution in [3.05, 3.63) is 59.2 Å². The van der Waals surface area contributed by atoms with Crippen LogP contribution in [-0.4, -0.2) is 53.6 Å². The minimum atomic E-state index is 0. The molecule has 2 rings (SSSR count). The fraction of sp³-hybridized carbons (Fsp3) is 0.458. The normalized spacial score (nSPS) is 10.9. The molecule has 2 aromatic carbocycles. The third-order valence-corrected chi connectivity index (χ3v) is 4.67. The van der Waals surface area contributed by atoms with Crippen molar-refractivity contribution in [2.45, 2.75) is 26.5 Å². The molecule has 0 fully saturated rings. The van der Waals surface area contributed by atoms with Gasteiger partial charge in [0.15, 0.2) is 17.5 Å². The number of ether oxygens (including phenoxy) is 4. The molecule has 0 radical (unpaired) electrons. The number of halogens is 1. The van der Waals surface area contributed by atoms with E-state index in [9.17, 15) is 0 Å². The molecule has 0 saturated carbocycles. The van der Waals surface area contributed by atoms with E-state index in [2.05, 4.69) is 33.8 Å². The zero-order valence-corrected chi connectivity index (χ0v) is 21.8. The first-order valence-electron chi connectivity index (χ1n) is 10.6. The van der Waals surface area contributed by atoms with Crippen molar-refractivity contribution in [3.63, 3.8) is 0 Å². The number of benzene rings is 2. The van der Waals surface area contributed by atoms with E-state index in [-0.39, 0.29) is 24.0 Å². The first kappa shape index (κ1) is 28.0. The van der Waals surface area contributed by atoms with E-state index < -0.39 is 0 Å². The van der Waals surface area contributed by atoms with Gasteiger partial charge in [0.05, 0.1) is 34.0 Å². The van der Waals surface area contributed by atoms with Gasteiger partial charge in [0.1, 0.15) is 0 Å². The van der Waals surface area contributed by atoms with Gasteiger partial charge in [0.2, 0.25) is 0 Å². The Labute approximate surface area is 208 Å². The molecule has 0 atom stereocenters. The Morgan fingerprint density at radius 1 is 0.875 bits per heavy atom. The van der Waals surface area contributed by atoms with Crippen LogP contribution >= 0.6 is 24.0 Å². The van der Waals surface area contributed by atoms with Gasteiger partial charge in [-0.05, 0) is 42.2 Å². The number of rotatable bonds is 13. The molecule has 7 nitrogen and oxygen atoms in total. The summed E-state index contributed by atoms with van der Waals surface area (Å²) in [7, 11) is 5.06. The van der Waals surface area contributed by atoms with E-state index in [4.69, 9.17) is 18.9 Å². The summed E-state index contributed by atoms with van der Waals surface area (Å²) < 4.78 is 21.6. The molecular formula is C24H36IN3O4. The van der Waals surface area contributed by atoms with Crippen LogP contribution in [-0.2, 0) is 29.0 Å².